The van der Waals surface area contributed by atoms with E-state index in [9.17, 15) is 4.79 Å². The van der Waals surface area contributed by atoms with Crippen molar-refractivity contribution in [2.75, 3.05) is 13.7 Å². The van der Waals surface area contributed by atoms with Crippen LogP contribution in [0, 0.1) is 13.8 Å². The number of rotatable bonds is 6. The molecule has 0 amide bonds. The van der Waals surface area contributed by atoms with Crippen LogP contribution in [0.25, 0.3) is 16.6 Å². The van der Waals surface area contributed by atoms with E-state index in [2.05, 4.69) is 4.57 Å². The minimum atomic E-state index is -0.399. The molecule has 0 saturated carbocycles. The Hall–Kier alpha value is -3.73. The number of nitrogens with zero attached hydrogens (tertiary/aromatic N) is 1. The van der Waals surface area contributed by atoms with Gasteiger partial charge in [0, 0.05) is 16.8 Å². The maximum atomic E-state index is 13.2. The first kappa shape index (κ1) is 20.5. The van der Waals surface area contributed by atoms with Gasteiger partial charge in [0.2, 0.25) is 0 Å². The van der Waals surface area contributed by atoms with Crippen LogP contribution in [0.15, 0.2) is 66.7 Å². The second-order valence-corrected chi connectivity index (χ2v) is 7.31. The lowest BCUT2D eigenvalue weighted by Gasteiger charge is -2.10. The number of aryl methyl sites for hydroxylation is 1. The summed E-state index contributed by atoms with van der Waals surface area (Å²) in [7, 11) is 1.61. The van der Waals surface area contributed by atoms with Gasteiger partial charge in [0.25, 0.3) is 0 Å². The average Bonchev–Trinajstić information content (AvgIpc) is 3.07. The molecule has 0 unspecified atom stereocenters. The van der Waals surface area contributed by atoms with Gasteiger partial charge in [0.1, 0.15) is 17.2 Å². The van der Waals surface area contributed by atoms with Gasteiger partial charge in [-0.15, -0.1) is 0 Å². The molecule has 31 heavy (non-hydrogen) atoms. The van der Waals surface area contributed by atoms with Crippen molar-refractivity contribution in [2.24, 2.45) is 0 Å². The van der Waals surface area contributed by atoms with Crippen LogP contribution in [0.2, 0.25) is 0 Å². The zero-order valence-electron chi connectivity index (χ0n) is 18.1. The minimum absolute atomic E-state index is 0.399. The molecule has 3 aromatic carbocycles. The van der Waals surface area contributed by atoms with E-state index in [-0.39, 0.29) is 0 Å². The van der Waals surface area contributed by atoms with Gasteiger partial charge in [0.15, 0.2) is 0 Å². The van der Waals surface area contributed by atoms with E-state index in [1.165, 1.54) is 0 Å². The second kappa shape index (κ2) is 8.56. The number of ether oxygens (including phenoxy) is 3. The highest BCUT2D eigenvalue weighted by Crippen LogP contribution is 2.33. The summed E-state index contributed by atoms with van der Waals surface area (Å²) in [6.45, 7) is 6.48. The first-order chi connectivity index (χ1) is 15.0. The van der Waals surface area contributed by atoms with Gasteiger partial charge in [-0.2, -0.15) is 0 Å². The second-order valence-electron chi connectivity index (χ2n) is 7.31. The monoisotopic (exact) mass is 415 g/mol. The summed E-state index contributed by atoms with van der Waals surface area (Å²) < 4.78 is 18.7. The standard InChI is InChI=1S/C26H25NO4/c1-5-30-20-12-8-19(9-13-20)27-18(3)25(23-16-22(29-4)14-15-24(23)27)26(28)31-21-10-6-17(2)7-11-21/h6-16H,5H2,1-4H3. The SMILES string of the molecule is CCOc1ccc(-n2c(C)c(C(=O)Oc3ccc(C)cc3)c3cc(OC)ccc32)cc1. The molecule has 0 radical (unpaired) electrons. The first-order valence-corrected chi connectivity index (χ1v) is 10.2. The molecule has 0 aliphatic rings. The molecule has 0 bridgehead atoms. The van der Waals surface area contributed by atoms with E-state index in [4.69, 9.17) is 14.2 Å². The van der Waals surface area contributed by atoms with Gasteiger partial charge in [-0.05, 0) is 75.4 Å². The topological polar surface area (TPSA) is 49.7 Å². The van der Waals surface area contributed by atoms with Crippen molar-refractivity contribution < 1.29 is 19.0 Å². The number of hydrogen-bond donors (Lipinski definition) is 0. The third-order valence-electron chi connectivity index (χ3n) is 5.25. The minimum Gasteiger partial charge on any atom is -0.497 e. The van der Waals surface area contributed by atoms with E-state index >= 15 is 0 Å². The van der Waals surface area contributed by atoms with Crippen LogP contribution in [0.4, 0.5) is 0 Å². The largest absolute Gasteiger partial charge is 0.497 e. The smallest absolute Gasteiger partial charge is 0.346 e. The molecule has 0 aliphatic heterocycles. The summed E-state index contributed by atoms with van der Waals surface area (Å²) in [5.74, 6) is 1.60. The first-order valence-electron chi connectivity index (χ1n) is 10.2. The molecule has 0 atom stereocenters. The molecular formula is C26H25NO4. The number of hydrogen-bond acceptors (Lipinski definition) is 4. The van der Waals surface area contributed by atoms with E-state index in [1.807, 2.05) is 75.4 Å². The summed E-state index contributed by atoms with van der Waals surface area (Å²) in [4.78, 5) is 13.2. The highest BCUT2D eigenvalue weighted by Gasteiger charge is 2.23. The Labute approximate surface area is 181 Å². The maximum absolute atomic E-state index is 13.2. The van der Waals surface area contributed by atoms with Gasteiger partial charge in [-0.1, -0.05) is 17.7 Å². The van der Waals surface area contributed by atoms with Crippen LogP contribution in [0.5, 0.6) is 17.2 Å². The van der Waals surface area contributed by atoms with Gasteiger partial charge in [0.05, 0.1) is 24.8 Å². The van der Waals surface area contributed by atoms with E-state index < -0.39 is 5.97 Å². The molecule has 0 aliphatic carbocycles. The molecule has 5 heteroatoms. The van der Waals surface area contributed by atoms with E-state index in [1.54, 1.807) is 19.2 Å². The Morgan fingerprint density at radius 2 is 1.52 bits per heavy atom. The van der Waals surface area contributed by atoms with Crippen molar-refractivity contribution in [1.29, 1.82) is 0 Å². The predicted octanol–water partition coefficient (Wildman–Crippen LogP) is 5.87. The van der Waals surface area contributed by atoms with Crippen molar-refractivity contribution in [3.63, 3.8) is 0 Å². The highest BCUT2D eigenvalue weighted by molar-refractivity contribution is 6.07. The lowest BCUT2D eigenvalue weighted by Crippen LogP contribution is -2.10. The Bertz CT molecular complexity index is 1220. The Morgan fingerprint density at radius 1 is 0.871 bits per heavy atom. The number of aromatic nitrogens is 1. The lowest BCUT2D eigenvalue weighted by molar-refractivity contribution is 0.0736. The molecular weight excluding hydrogens is 390 g/mol. The van der Waals surface area contributed by atoms with Gasteiger partial charge in [-0.25, -0.2) is 4.79 Å². The Balaban J connectivity index is 1.83. The molecule has 5 nitrogen and oxygen atoms in total. The number of esters is 1. The molecule has 0 saturated heterocycles. The molecule has 1 aromatic heterocycles. The lowest BCUT2D eigenvalue weighted by atomic mass is 10.1. The highest BCUT2D eigenvalue weighted by atomic mass is 16.5. The van der Waals surface area contributed by atoms with Crippen LogP contribution in [-0.4, -0.2) is 24.3 Å². The fourth-order valence-electron chi connectivity index (χ4n) is 3.74. The molecule has 0 spiro atoms. The normalized spacial score (nSPS) is 10.8. The number of carbonyl (C=O) groups excluding carboxylic acids is 1. The van der Waals surface area contributed by atoms with Crippen molar-refractivity contribution >= 4 is 16.9 Å². The zero-order chi connectivity index (χ0) is 22.0. The van der Waals surface area contributed by atoms with Crippen LogP contribution < -0.4 is 14.2 Å². The zero-order valence-corrected chi connectivity index (χ0v) is 18.1. The van der Waals surface area contributed by atoms with Crippen molar-refractivity contribution in [3.8, 4) is 22.9 Å². The van der Waals surface area contributed by atoms with Gasteiger partial charge >= 0.3 is 5.97 Å². The summed E-state index contributed by atoms with van der Waals surface area (Å²) in [5, 5.41) is 0.780. The van der Waals surface area contributed by atoms with Gasteiger partial charge < -0.3 is 18.8 Å². The van der Waals surface area contributed by atoms with Crippen LogP contribution in [-0.2, 0) is 0 Å². The van der Waals surface area contributed by atoms with Crippen LogP contribution in [0.1, 0.15) is 28.5 Å². The van der Waals surface area contributed by atoms with Crippen LogP contribution >= 0.6 is 0 Å². The van der Waals surface area contributed by atoms with Gasteiger partial charge in [-0.3, -0.25) is 0 Å². The van der Waals surface area contributed by atoms with Crippen molar-refractivity contribution in [3.05, 3.63) is 83.6 Å². The van der Waals surface area contributed by atoms with Crippen molar-refractivity contribution in [2.45, 2.75) is 20.8 Å². The fourth-order valence-corrected chi connectivity index (χ4v) is 3.74. The maximum Gasteiger partial charge on any atom is 0.346 e. The van der Waals surface area contributed by atoms with Crippen LogP contribution in [0.3, 0.4) is 0 Å². The molecule has 4 aromatic rings. The number of carbonyl (C=O) groups is 1. The number of fused-ring (bicyclic) bond motifs is 1. The van der Waals surface area contributed by atoms with Crippen molar-refractivity contribution in [1.82, 2.24) is 4.57 Å². The Kier molecular flexibility index (Phi) is 5.67. The predicted molar refractivity (Wildman–Crippen MR) is 122 cm³/mol. The third-order valence-corrected chi connectivity index (χ3v) is 5.25. The number of benzene rings is 3. The molecule has 4 rings (SSSR count). The van der Waals surface area contributed by atoms with E-state index in [0.29, 0.717) is 23.7 Å². The summed E-state index contributed by atoms with van der Waals surface area (Å²) in [5.41, 5.74) is 4.25. The summed E-state index contributed by atoms with van der Waals surface area (Å²) >= 11 is 0. The molecule has 0 fully saturated rings. The fraction of sp³-hybridized carbons (Fsp3) is 0.192. The number of methoxy groups -OCH3 is 1. The molecule has 0 N–H and O–H groups in total. The van der Waals surface area contributed by atoms with E-state index in [0.717, 1.165) is 33.6 Å². The summed E-state index contributed by atoms with van der Waals surface area (Å²) in [6.07, 6.45) is 0. The molecule has 1 heterocycles. The average molecular weight is 415 g/mol. The quantitative estimate of drug-likeness (QED) is 0.292. The molecule has 158 valence electrons. The summed E-state index contributed by atoms with van der Waals surface area (Å²) in [6, 6.07) is 21.0. The third kappa shape index (κ3) is 3.99. The Morgan fingerprint density at radius 3 is 2.16 bits per heavy atom.